The number of carboxylic acid groups (broad SMARTS) is 1. The number of fused-ring (bicyclic) bond motifs is 1. The lowest BCUT2D eigenvalue weighted by Gasteiger charge is -2.11. The first kappa shape index (κ1) is 12.6. The number of hydrogen-bond acceptors (Lipinski definition) is 2. The van der Waals surface area contributed by atoms with E-state index in [2.05, 4.69) is 4.98 Å². The largest absolute Gasteiger partial charge is 0.478 e. The number of pyridine rings is 1. The molecule has 1 N–H and O–H groups in total. The predicted molar refractivity (Wildman–Crippen MR) is 79.1 cm³/mol. The smallest absolute Gasteiger partial charge is 0.337 e. The van der Waals surface area contributed by atoms with Gasteiger partial charge < -0.3 is 5.11 Å². The van der Waals surface area contributed by atoms with Crippen LogP contribution in [0.25, 0.3) is 22.0 Å². The molecule has 3 nitrogen and oxygen atoms in total. The maximum Gasteiger partial charge on any atom is 0.337 e. The third kappa shape index (κ3) is 2.02. The van der Waals surface area contributed by atoms with Crippen molar-refractivity contribution >= 4 is 28.5 Å². The first-order valence-corrected chi connectivity index (χ1v) is 6.43. The van der Waals surface area contributed by atoms with Crippen molar-refractivity contribution in [2.45, 2.75) is 0 Å². The Bertz CT molecular complexity index is 800. The molecule has 2 aromatic carbocycles. The summed E-state index contributed by atoms with van der Waals surface area (Å²) in [6.07, 6.45) is 0. The molecule has 0 aliphatic carbocycles. The van der Waals surface area contributed by atoms with E-state index in [1.54, 1.807) is 24.3 Å². The number of carboxylic acids is 1. The molecule has 0 spiro atoms. The van der Waals surface area contributed by atoms with E-state index >= 15 is 0 Å². The number of halogens is 1. The molecule has 0 aliphatic rings. The van der Waals surface area contributed by atoms with Crippen LogP contribution in [0.4, 0.5) is 0 Å². The molecule has 0 saturated heterocycles. The highest BCUT2D eigenvalue weighted by Crippen LogP contribution is 2.34. The summed E-state index contributed by atoms with van der Waals surface area (Å²) in [7, 11) is 0. The molecule has 0 fully saturated rings. The van der Waals surface area contributed by atoms with E-state index in [1.807, 2.05) is 30.3 Å². The van der Waals surface area contributed by atoms with Crippen molar-refractivity contribution in [1.82, 2.24) is 4.98 Å². The Morgan fingerprint density at radius 2 is 1.65 bits per heavy atom. The Morgan fingerprint density at radius 1 is 1.00 bits per heavy atom. The van der Waals surface area contributed by atoms with E-state index in [-0.39, 0.29) is 10.7 Å². The minimum Gasteiger partial charge on any atom is -0.478 e. The summed E-state index contributed by atoms with van der Waals surface area (Å²) >= 11 is 6.21. The molecule has 0 amide bonds. The van der Waals surface area contributed by atoms with Gasteiger partial charge in [0.2, 0.25) is 0 Å². The Labute approximate surface area is 120 Å². The molecular weight excluding hydrogens is 274 g/mol. The highest BCUT2D eigenvalue weighted by atomic mass is 35.5. The van der Waals surface area contributed by atoms with Crippen LogP contribution in [0.5, 0.6) is 0 Å². The van der Waals surface area contributed by atoms with Crippen molar-refractivity contribution in [1.29, 1.82) is 0 Å². The molecule has 3 rings (SSSR count). The summed E-state index contributed by atoms with van der Waals surface area (Å²) in [4.78, 5) is 16.0. The van der Waals surface area contributed by atoms with Gasteiger partial charge in [0, 0.05) is 10.9 Å². The van der Waals surface area contributed by atoms with Gasteiger partial charge in [0.1, 0.15) is 5.15 Å². The standard InChI is InChI=1S/C16H10ClNO2/c17-15-13(10-6-2-1-3-7-10)14(16(19)20)11-8-4-5-9-12(11)18-15/h1-9H,(H,19,20). The fraction of sp³-hybridized carbons (Fsp3) is 0. The van der Waals surface area contributed by atoms with Crippen LogP contribution in [-0.4, -0.2) is 16.1 Å². The fourth-order valence-electron chi connectivity index (χ4n) is 2.27. The Kier molecular flexibility index (Phi) is 3.12. The average molecular weight is 284 g/mol. The molecule has 3 aromatic rings. The van der Waals surface area contributed by atoms with Crippen LogP contribution in [0.3, 0.4) is 0 Å². The number of hydrogen-bond donors (Lipinski definition) is 1. The Balaban J connectivity index is 2.45. The summed E-state index contributed by atoms with van der Waals surface area (Å²) in [6, 6.07) is 16.3. The van der Waals surface area contributed by atoms with Crippen molar-refractivity contribution in [3.05, 3.63) is 65.3 Å². The lowest BCUT2D eigenvalue weighted by atomic mass is 9.98. The van der Waals surface area contributed by atoms with Gasteiger partial charge in [-0.05, 0) is 11.6 Å². The number of rotatable bonds is 2. The van der Waals surface area contributed by atoms with Crippen molar-refractivity contribution in [2.24, 2.45) is 0 Å². The monoisotopic (exact) mass is 283 g/mol. The number of benzene rings is 2. The zero-order chi connectivity index (χ0) is 14.1. The molecule has 98 valence electrons. The Hall–Kier alpha value is -2.39. The van der Waals surface area contributed by atoms with Crippen LogP contribution in [0.1, 0.15) is 10.4 Å². The van der Waals surface area contributed by atoms with Crippen LogP contribution >= 0.6 is 11.6 Å². The summed E-state index contributed by atoms with van der Waals surface area (Å²) in [5, 5.41) is 10.4. The van der Waals surface area contributed by atoms with E-state index in [0.717, 1.165) is 5.56 Å². The van der Waals surface area contributed by atoms with Crippen LogP contribution in [0.2, 0.25) is 5.15 Å². The van der Waals surface area contributed by atoms with Gasteiger partial charge in [-0.3, -0.25) is 0 Å². The van der Waals surface area contributed by atoms with Crippen LogP contribution in [0.15, 0.2) is 54.6 Å². The second-order valence-corrected chi connectivity index (χ2v) is 4.70. The Morgan fingerprint density at radius 3 is 2.35 bits per heavy atom. The van der Waals surface area contributed by atoms with Crippen molar-refractivity contribution in [3.63, 3.8) is 0 Å². The molecule has 0 atom stereocenters. The molecule has 4 heteroatoms. The highest BCUT2D eigenvalue weighted by molar-refractivity contribution is 6.34. The fourth-order valence-corrected chi connectivity index (χ4v) is 2.57. The maximum atomic E-state index is 11.7. The van der Waals surface area contributed by atoms with Crippen molar-refractivity contribution in [3.8, 4) is 11.1 Å². The summed E-state index contributed by atoms with van der Waals surface area (Å²) < 4.78 is 0. The van der Waals surface area contributed by atoms with Gasteiger partial charge in [0.15, 0.2) is 0 Å². The number of aromatic carboxylic acids is 1. The number of carbonyl (C=O) groups is 1. The second kappa shape index (κ2) is 4.94. The normalized spacial score (nSPS) is 10.7. The van der Waals surface area contributed by atoms with Gasteiger partial charge in [0.25, 0.3) is 0 Å². The molecule has 0 aliphatic heterocycles. The van der Waals surface area contributed by atoms with Gasteiger partial charge >= 0.3 is 5.97 Å². The van der Waals surface area contributed by atoms with Crippen LogP contribution in [-0.2, 0) is 0 Å². The molecule has 1 heterocycles. The molecule has 0 radical (unpaired) electrons. The topological polar surface area (TPSA) is 50.2 Å². The van der Waals surface area contributed by atoms with Gasteiger partial charge in [-0.1, -0.05) is 60.1 Å². The first-order valence-electron chi connectivity index (χ1n) is 6.05. The number of aromatic nitrogens is 1. The number of nitrogens with zero attached hydrogens (tertiary/aromatic N) is 1. The van der Waals surface area contributed by atoms with E-state index < -0.39 is 5.97 Å². The number of para-hydroxylation sites is 1. The maximum absolute atomic E-state index is 11.7. The average Bonchev–Trinajstić information content (AvgIpc) is 2.46. The summed E-state index contributed by atoms with van der Waals surface area (Å²) in [5.74, 6) is -1.01. The summed E-state index contributed by atoms with van der Waals surface area (Å²) in [5.41, 5.74) is 1.97. The minimum absolute atomic E-state index is 0.187. The molecule has 0 unspecified atom stereocenters. The minimum atomic E-state index is -1.01. The van der Waals surface area contributed by atoms with Gasteiger partial charge in [-0.2, -0.15) is 0 Å². The van der Waals surface area contributed by atoms with Crippen molar-refractivity contribution < 1.29 is 9.90 Å². The highest BCUT2D eigenvalue weighted by Gasteiger charge is 2.20. The first-order chi connectivity index (χ1) is 9.68. The van der Waals surface area contributed by atoms with Crippen molar-refractivity contribution in [2.75, 3.05) is 0 Å². The van der Waals surface area contributed by atoms with E-state index in [4.69, 9.17) is 11.6 Å². The molecule has 0 saturated carbocycles. The third-order valence-corrected chi connectivity index (χ3v) is 3.40. The summed E-state index contributed by atoms with van der Waals surface area (Å²) in [6.45, 7) is 0. The zero-order valence-electron chi connectivity index (χ0n) is 10.4. The van der Waals surface area contributed by atoms with Gasteiger partial charge in [-0.15, -0.1) is 0 Å². The molecule has 1 aromatic heterocycles. The lowest BCUT2D eigenvalue weighted by molar-refractivity contribution is 0.0700. The lowest BCUT2D eigenvalue weighted by Crippen LogP contribution is -2.03. The quantitative estimate of drug-likeness (QED) is 0.715. The molecule has 20 heavy (non-hydrogen) atoms. The van der Waals surface area contributed by atoms with E-state index in [1.165, 1.54) is 0 Å². The second-order valence-electron chi connectivity index (χ2n) is 4.34. The predicted octanol–water partition coefficient (Wildman–Crippen LogP) is 4.25. The van der Waals surface area contributed by atoms with E-state index in [0.29, 0.717) is 16.5 Å². The SMILES string of the molecule is O=C(O)c1c(-c2ccccc2)c(Cl)nc2ccccc12. The third-order valence-electron chi connectivity index (χ3n) is 3.12. The molecular formula is C16H10ClNO2. The zero-order valence-corrected chi connectivity index (χ0v) is 11.1. The van der Waals surface area contributed by atoms with Crippen LogP contribution < -0.4 is 0 Å². The van der Waals surface area contributed by atoms with Gasteiger partial charge in [-0.25, -0.2) is 9.78 Å². The van der Waals surface area contributed by atoms with Crippen LogP contribution in [0, 0.1) is 0 Å². The molecule has 0 bridgehead atoms. The van der Waals surface area contributed by atoms with E-state index in [9.17, 15) is 9.90 Å². The van der Waals surface area contributed by atoms with Gasteiger partial charge in [0.05, 0.1) is 11.1 Å².